The van der Waals surface area contributed by atoms with Crippen LogP contribution in [0, 0.1) is 0 Å². The molecule has 1 unspecified atom stereocenters. The number of hydrogen-bond acceptors (Lipinski definition) is 3. The van der Waals surface area contributed by atoms with Gasteiger partial charge in [0.2, 0.25) is 0 Å². The molecule has 0 aliphatic carbocycles. The Morgan fingerprint density at radius 3 is 2.80 bits per heavy atom. The molecule has 0 aromatic rings. The molecular formula is C7H17NO2. The molecule has 0 radical (unpaired) electrons. The first-order valence-corrected chi connectivity index (χ1v) is 3.68. The number of hydrogen-bond donors (Lipinski definition) is 2. The molecule has 0 aliphatic heterocycles. The molecule has 0 saturated heterocycles. The van der Waals surface area contributed by atoms with E-state index in [-0.39, 0.29) is 12.7 Å². The van der Waals surface area contributed by atoms with E-state index >= 15 is 0 Å². The molecule has 0 rings (SSSR count). The van der Waals surface area contributed by atoms with Crippen molar-refractivity contribution >= 4 is 0 Å². The fraction of sp³-hybridized carbons (Fsp3) is 1.00. The van der Waals surface area contributed by atoms with Gasteiger partial charge in [-0.2, -0.15) is 0 Å². The summed E-state index contributed by atoms with van der Waals surface area (Å²) in [7, 11) is 1.89. The maximum Gasteiger partial charge on any atom is 0.0671 e. The first-order chi connectivity index (χ1) is 4.81. The van der Waals surface area contributed by atoms with Gasteiger partial charge in [-0.25, -0.2) is 0 Å². The molecule has 3 heteroatoms. The van der Waals surface area contributed by atoms with E-state index in [1.165, 1.54) is 0 Å². The van der Waals surface area contributed by atoms with Crippen molar-refractivity contribution in [3.05, 3.63) is 0 Å². The molecule has 1 atom stereocenters. The van der Waals surface area contributed by atoms with E-state index in [4.69, 9.17) is 9.84 Å². The first-order valence-electron chi connectivity index (χ1n) is 3.68. The third-order valence-corrected chi connectivity index (χ3v) is 1.20. The van der Waals surface area contributed by atoms with E-state index in [0.29, 0.717) is 6.61 Å². The normalized spacial score (nSPS) is 13.5. The number of likely N-dealkylation sites (N-methyl/N-ethyl adjacent to an activating group) is 1. The molecule has 0 aliphatic rings. The van der Waals surface area contributed by atoms with Gasteiger partial charge in [0.05, 0.1) is 6.10 Å². The van der Waals surface area contributed by atoms with Crippen molar-refractivity contribution in [1.29, 1.82) is 0 Å². The molecule has 62 valence electrons. The molecule has 0 spiro atoms. The van der Waals surface area contributed by atoms with Crippen molar-refractivity contribution in [1.82, 2.24) is 5.32 Å². The molecule has 0 bridgehead atoms. The lowest BCUT2D eigenvalue weighted by Crippen LogP contribution is -2.24. The van der Waals surface area contributed by atoms with Crippen molar-refractivity contribution in [3.8, 4) is 0 Å². The van der Waals surface area contributed by atoms with Crippen LogP contribution in [0.15, 0.2) is 0 Å². The van der Waals surface area contributed by atoms with Crippen LogP contribution in [0.4, 0.5) is 0 Å². The summed E-state index contributed by atoms with van der Waals surface area (Å²) in [5, 5.41) is 11.4. The van der Waals surface area contributed by atoms with Gasteiger partial charge in [-0.3, -0.25) is 0 Å². The molecule has 0 aromatic heterocycles. The lowest BCUT2D eigenvalue weighted by molar-refractivity contribution is 0.0570. The Balaban J connectivity index is 2.97. The average Bonchev–Trinajstić information content (AvgIpc) is 1.89. The molecule has 0 saturated carbocycles. The zero-order valence-electron chi connectivity index (χ0n) is 6.76. The Kier molecular flexibility index (Phi) is 6.91. The van der Waals surface area contributed by atoms with Gasteiger partial charge in [0.25, 0.3) is 0 Å². The van der Waals surface area contributed by atoms with Crippen molar-refractivity contribution in [2.75, 3.05) is 26.8 Å². The number of aliphatic hydroxyl groups is 1. The Labute approximate surface area is 62.4 Å². The lowest BCUT2D eigenvalue weighted by atomic mass is 10.4. The quantitative estimate of drug-likeness (QED) is 0.519. The van der Waals surface area contributed by atoms with Crippen LogP contribution in [0.3, 0.4) is 0 Å². The summed E-state index contributed by atoms with van der Waals surface area (Å²) in [6.45, 7) is 3.74. The van der Waals surface area contributed by atoms with Gasteiger partial charge in [0.15, 0.2) is 0 Å². The zero-order chi connectivity index (χ0) is 7.82. The smallest absolute Gasteiger partial charge is 0.0671 e. The van der Waals surface area contributed by atoms with Crippen LogP contribution in [0.2, 0.25) is 0 Å². The Morgan fingerprint density at radius 2 is 2.30 bits per heavy atom. The second-order valence-electron chi connectivity index (χ2n) is 2.32. The fourth-order valence-electron chi connectivity index (χ4n) is 0.695. The second kappa shape index (κ2) is 6.99. The summed E-state index contributed by atoms with van der Waals surface area (Å²) in [4.78, 5) is 0. The standard InChI is InChI=1S/C7H17NO2/c1-7(6-8-2)10-5-3-4-9/h7-9H,3-6H2,1-2H3. The van der Waals surface area contributed by atoms with Gasteiger partial charge >= 0.3 is 0 Å². The Hall–Kier alpha value is -0.120. The van der Waals surface area contributed by atoms with E-state index < -0.39 is 0 Å². The molecule has 3 nitrogen and oxygen atoms in total. The second-order valence-corrected chi connectivity index (χ2v) is 2.32. The van der Waals surface area contributed by atoms with Crippen LogP contribution < -0.4 is 5.32 Å². The number of aliphatic hydroxyl groups excluding tert-OH is 1. The predicted molar refractivity (Wildman–Crippen MR) is 41.0 cm³/mol. The zero-order valence-corrected chi connectivity index (χ0v) is 6.76. The average molecular weight is 147 g/mol. The van der Waals surface area contributed by atoms with Gasteiger partial charge < -0.3 is 15.2 Å². The monoisotopic (exact) mass is 147 g/mol. The van der Waals surface area contributed by atoms with E-state index in [9.17, 15) is 0 Å². The molecule has 0 fully saturated rings. The van der Waals surface area contributed by atoms with Crippen molar-refractivity contribution < 1.29 is 9.84 Å². The molecule has 10 heavy (non-hydrogen) atoms. The van der Waals surface area contributed by atoms with Crippen LogP contribution >= 0.6 is 0 Å². The Bertz CT molecular complexity index is 68.6. The third kappa shape index (κ3) is 6.01. The van der Waals surface area contributed by atoms with E-state index in [0.717, 1.165) is 13.0 Å². The minimum Gasteiger partial charge on any atom is -0.396 e. The van der Waals surface area contributed by atoms with E-state index in [1.807, 2.05) is 14.0 Å². The summed E-state index contributed by atoms with van der Waals surface area (Å²) in [6.07, 6.45) is 0.977. The van der Waals surface area contributed by atoms with E-state index in [1.54, 1.807) is 0 Å². The van der Waals surface area contributed by atoms with E-state index in [2.05, 4.69) is 5.32 Å². The summed E-state index contributed by atoms with van der Waals surface area (Å²) >= 11 is 0. The maximum atomic E-state index is 8.41. The molecular weight excluding hydrogens is 130 g/mol. The molecule has 0 heterocycles. The highest BCUT2D eigenvalue weighted by atomic mass is 16.5. The molecule has 2 N–H and O–H groups in total. The van der Waals surface area contributed by atoms with Gasteiger partial charge in [0, 0.05) is 19.8 Å². The van der Waals surface area contributed by atoms with Gasteiger partial charge in [-0.1, -0.05) is 0 Å². The van der Waals surface area contributed by atoms with Gasteiger partial charge in [-0.05, 0) is 20.4 Å². The van der Waals surface area contributed by atoms with Crippen LogP contribution in [0.5, 0.6) is 0 Å². The first kappa shape index (κ1) is 9.88. The fourth-order valence-corrected chi connectivity index (χ4v) is 0.695. The maximum absolute atomic E-state index is 8.41. The van der Waals surface area contributed by atoms with Gasteiger partial charge in [0.1, 0.15) is 0 Å². The van der Waals surface area contributed by atoms with Gasteiger partial charge in [-0.15, -0.1) is 0 Å². The SMILES string of the molecule is CNCC(C)OCCCO. The summed E-state index contributed by atoms with van der Waals surface area (Å²) in [5.41, 5.74) is 0. The lowest BCUT2D eigenvalue weighted by Gasteiger charge is -2.10. The Morgan fingerprint density at radius 1 is 1.60 bits per heavy atom. The third-order valence-electron chi connectivity index (χ3n) is 1.20. The highest BCUT2D eigenvalue weighted by Crippen LogP contribution is 1.89. The summed E-state index contributed by atoms with van der Waals surface area (Å²) in [5.74, 6) is 0. The highest BCUT2D eigenvalue weighted by Gasteiger charge is 1.97. The van der Waals surface area contributed by atoms with Crippen LogP contribution in [0.1, 0.15) is 13.3 Å². The largest absolute Gasteiger partial charge is 0.396 e. The minimum atomic E-state index is 0.215. The van der Waals surface area contributed by atoms with Crippen molar-refractivity contribution in [2.45, 2.75) is 19.4 Å². The summed E-state index contributed by atoms with van der Waals surface area (Å²) in [6, 6.07) is 0. The van der Waals surface area contributed by atoms with Crippen molar-refractivity contribution in [3.63, 3.8) is 0 Å². The number of ether oxygens (including phenoxy) is 1. The predicted octanol–water partition coefficient (Wildman–Crippen LogP) is -0.00670. The van der Waals surface area contributed by atoms with Crippen LogP contribution in [0.25, 0.3) is 0 Å². The minimum absolute atomic E-state index is 0.215. The molecule has 0 amide bonds. The van der Waals surface area contributed by atoms with Crippen LogP contribution in [-0.2, 0) is 4.74 Å². The van der Waals surface area contributed by atoms with Crippen molar-refractivity contribution in [2.24, 2.45) is 0 Å². The number of rotatable bonds is 6. The summed E-state index contributed by atoms with van der Waals surface area (Å²) < 4.78 is 5.30. The number of nitrogens with one attached hydrogen (secondary N) is 1. The van der Waals surface area contributed by atoms with Crippen LogP contribution in [-0.4, -0.2) is 38.0 Å². The topological polar surface area (TPSA) is 41.5 Å². The highest BCUT2D eigenvalue weighted by molar-refractivity contribution is 4.50. The molecule has 0 aromatic carbocycles.